The molecule has 0 saturated heterocycles. The van der Waals surface area contributed by atoms with E-state index in [2.05, 4.69) is 69.4 Å². The van der Waals surface area contributed by atoms with Gasteiger partial charge in [-0.05, 0) is 57.8 Å². The summed E-state index contributed by atoms with van der Waals surface area (Å²) < 4.78 is 16.9. The van der Waals surface area contributed by atoms with Crippen molar-refractivity contribution < 1.29 is 28.6 Å². The second kappa shape index (κ2) is 62.9. The van der Waals surface area contributed by atoms with Crippen LogP contribution >= 0.6 is 0 Å². The second-order valence-corrected chi connectivity index (χ2v) is 22.0. The van der Waals surface area contributed by atoms with Crippen molar-refractivity contribution in [2.75, 3.05) is 13.2 Å². The summed E-state index contributed by atoms with van der Waals surface area (Å²) in [6.45, 7) is 6.57. The molecule has 0 heterocycles. The van der Waals surface area contributed by atoms with Crippen molar-refractivity contribution in [2.45, 2.75) is 354 Å². The fraction of sp³-hybridized carbons (Fsp3) is 0.838. The molecule has 0 aliphatic heterocycles. The van der Waals surface area contributed by atoms with E-state index in [-0.39, 0.29) is 31.1 Å². The molecule has 0 bridgehead atoms. The number of carbonyl (C=O) groups is 3. The highest BCUT2D eigenvalue weighted by Crippen LogP contribution is 2.18. The van der Waals surface area contributed by atoms with Crippen LogP contribution in [0.3, 0.4) is 0 Å². The van der Waals surface area contributed by atoms with Gasteiger partial charge in [-0.3, -0.25) is 14.4 Å². The molecule has 0 aliphatic carbocycles. The van der Waals surface area contributed by atoms with E-state index in [1.165, 1.54) is 218 Å². The predicted octanol–water partition coefficient (Wildman–Crippen LogP) is 22.2. The molecule has 6 nitrogen and oxygen atoms in total. The third kappa shape index (κ3) is 60.2. The van der Waals surface area contributed by atoms with Crippen LogP contribution < -0.4 is 0 Å². The van der Waals surface area contributed by atoms with Crippen LogP contribution in [-0.2, 0) is 28.6 Å². The van der Waals surface area contributed by atoms with E-state index in [4.69, 9.17) is 14.2 Å². The number of carbonyl (C=O) groups excluding carboxylic acids is 3. The first kappa shape index (κ1) is 71.4. The first-order valence-corrected chi connectivity index (χ1v) is 32.6. The van der Waals surface area contributed by atoms with Gasteiger partial charge in [0.1, 0.15) is 13.2 Å². The minimum atomic E-state index is -0.774. The normalized spacial score (nSPS) is 12.3. The summed E-state index contributed by atoms with van der Waals surface area (Å²) in [4.78, 5) is 38.3. The highest BCUT2D eigenvalue weighted by Gasteiger charge is 2.19. The molecule has 0 fully saturated rings. The zero-order valence-electron chi connectivity index (χ0n) is 49.6. The minimum Gasteiger partial charge on any atom is -0.462 e. The summed E-state index contributed by atoms with van der Waals surface area (Å²) >= 11 is 0. The third-order valence-electron chi connectivity index (χ3n) is 14.6. The van der Waals surface area contributed by atoms with Crippen LogP contribution in [0.15, 0.2) is 48.6 Å². The average molecular weight is 1040 g/mol. The van der Waals surface area contributed by atoms with Crippen molar-refractivity contribution in [2.24, 2.45) is 0 Å². The smallest absolute Gasteiger partial charge is 0.306 e. The predicted molar refractivity (Wildman–Crippen MR) is 321 cm³/mol. The van der Waals surface area contributed by atoms with Gasteiger partial charge in [0.15, 0.2) is 6.10 Å². The van der Waals surface area contributed by atoms with E-state index >= 15 is 0 Å². The zero-order valence-corrected chi connectivity index (χ0v) is 49.6. The van der Waals surface area contributed by atoms with Gasteiger partial charge in [-0.2, -0.15) is 0 Å². The first-order valence-electron chi connectivity index (χ1n) is 32.6. The van der Waals surface area contributed by atoms with E-state index in [1.807, 2.05) is 0 Å². The molecule has 0 spiro atoms. The van der Waals surface area contributed by atoms with Crippen LogP contribution in [0.4, 0.5) is 0 Å². The number of ether oxygens (including phenoxy) is 3. The molecule has 0 rings (SSSR count). The standard InChI is InChI=1S/C68H124O6/c1-4-7-10-13-16-19-22-24-26-28-30-32-33-34-36-37-39-41-43-46-49-52-55-58-61-67(70)73-64-65(63-72-66(69)60-57-54-51-48-45-21-18-15-12-9-6-3)74-68(71)62-59-56-53-50-47-44-42-40-38-35-31-29-27-25-23-20-17-14-11-8-5-2/h8,11,17,20,25,27,31,35,65H,4-7,9-10,12-16,18-19,21-24,26,28-30,32-34,36-64H2,1-3H3/b11-8-,20-17-,27-25-,35-31-. The summed E-state index contributed by atoms with van der Waals surface area (Å²) in [7, 11) is 0. The Kier molecular flexibility index (Phi) is 60.7. The maximum atomic E-state index is 12.9. The molecule has 432 valence electrons. The summed E-state index contributed by atoms with van der Waals surface area (Å²) in [6.07, 6.45) is 78.4. The SMILES string of the molecule is CC/C=C\C/C=C\C/C=C\C/C=C\CCCCCCCCCCC(=O)OC(COC(=O)CCCCCCCCCCCCC)COC(=O)CCCCCCCCCCCCCCCCCCCCCCCCCC. The molecule has 1 unspecified atom stereocenters. The van der Waals surface area contributed by atoms with E-state index in [1.54, 1.807) is 0 Å². The Morgan fingerprint density at radius 3 is 0.824 bits per heavy atom. The van der Waals surface area contributed by atoms with Crippen molar-refractivity contribution in [3.63, 3.8) is 0 Å². The zero-order chi connectivity index (χ0) is 53.6. The highest BCUT2D eigenvalue weighted by atomic mass is 16.6. The lowest BCUT2D eigenvalue weighted by atomic mass is 10.0. The molecule has 0 aromatic heterocycles. The van der Waals surface area contributed by atoms with Crippen LogP contribution in [0.25, 0.3) is 0 Å². The van der Waals surface area contributed by atoms with Gasteiger partial charge in [-0.1, -0.05) is 320 Å². The van der Waals surface area contributed by atoms with Crippen molar-refractivity contribution in [1.29, 1.82) is 0 Å². The van der Waals surface area contributed by atoms with Gasteiger partial charge in [-0.25, -0.2) is 0 Å². The van der Waals surface area contributed by atoms with Gasteiger partial charge in [0.2, 0.25) is 0 Å². The van der Waals surface area contributed by atoms with Gasteiger partial charge in [0.25, 0.3) is 0 Å². The van der Waals surface area contributed by atoms with E-state index in [0.717, 1.165) is 89.9 Å². The summed E-state index contributed by atoms with van der Waals surface area (Å²) in [5.41, 5.74) is 0. The summed E-state index contributed by atoms with van der Waals surface area (Å²) in [6, 6.07) is 0. The summed E-state index contributed by atoms with van der Waals surface area (Å²) in [5.74, 6) is -0.858. The van der Waals surface area contributed by atoms with E-state index in [9.17, 15) is 14.4 Å². The number of hydrogen-bond donors (Lipinski definition) is 0. The second-order valence-electron chi connectivity index (χ2n) is 22.0. The highest BCUT2D eigenvalue weighted by molar-refractivity contribution is 5.71. The van der Waals surface area contributed by atoms with Gasteiger partial charge < -0.3 is 14.2 Å². The monoisotopic (exact) mass is 1040 g/mol. The Hall–Kier alpha value is -2.63. The molecule has 0 saturated carbocycles. The number of esters is 3. The molecular weight excluding hydrogens is 913 g/mol. The fourth-order valence-corrected chi connectivity index (χ4v) is 9.73. The molecule has 0 radical (unpaired) electrons. The molecule has 6 heteroatoms. The van der Waals surface area contributed by atoms with Crippen LogP contribution in [0, 0.1) is 0 Å². The number of allylic oxidation sites excluding steroid dienone is 8. The van der Waals surface area contributed by atoms with Gasteiger partial charge in [0, 0.05) is 19.3 Å². The van der Waals surface area contributed by atoms with Gasteiger partial charge in [0.05, 0.1) is 0 Å². The Labute approximate surface area is 460 Å². The largest absolute Gasteiger partial charge is 0.462 e. The van der Waals surface area contributed by atoms with Crippen LogP contribution in [0.2, 0.25) is 0 Å². The maximum Gasteiger partial charge on any atom is 0.306 e. The minimum absolute atomic E-state index is 0.0714. The molecule has 0 aromatic rings. The molecule has 0 aromatic carbocycles. The van der Waals surface area contributed by atoms with Crippen molar-refractivity contribution >= 4 is 17.9 Å². The van der Waals surface area contributed by atoms with E-state index in [0.29, 0.717) is 19.3 Å². The van der Waals surface area contributed by atoms with Crippen LogP contribution in [0.1, 0.15) is 348 Å². The fourth-order valence-electron chi connectivity index (χ4n) is 9.73. The Balaban J connectivity index is 4.23. The first-order chi connectivity index (χ1) is 36.5. The lowest BCUT2D eigenvalue weighted by Crippen LogP contribution is -2.30. The molecular formula is C68H124O6. The maximum absolute atomic E-state index is 12.9. The molecule has 1 atom stereocenters. The van der Waals surface area contributed by atoms with E-state index < -0.39 is 6.10 Å². The Morgan fingerprint density at radius 2 is 0.527 bits per heavy atom. The average Bonchev–Trinajstić information content (AvgIpc) is 3.40. The lowest BCUT2D eigenvalue weighted by molar-refractivity contribution is -0.167. The number of rotatable bonds is 60. The number of unbranched alkanes of at least 4 members (excludes halogenated alkanes) is 41. The van der Waals surface area contributed by atoms with Crippen molar-refractivity contribution in [1.82, 2.24) is 0 Å². The van der Waals surface area contributed by atoms with Gasteiger partial charge >= 0.3 is 17.9 Å². The third-order valence-corrected chi connectivity index (χ3v) is 14.6. The molecule has 74 heavy (non-hydrogen) atoms. The Bertz CT molecular complexity index is 1280. The molecule has 0 amide bonds. The van der Waals surface area contributed by atoms with Crippen LogP contribution in [0.5, 0.6) is 0 Å². The van der Waals surface area contributed by atoms with Crippen molar-refractivity contribution in [3.8, 4) is 0 Å². The summed E-state index contributed by atoms with van der Waals surface area (Å²) in [5, 5.41) is 0. The van der Waals surface area contributed by atoms with Crippen LogP contribution in [-0.4, -0.2) is 37.2 Å². The van der Waals surface area contributed by atoms with Crippen molar-refractivity contribution in [3.05, 3.63) is 48.6 Å². The number of hydrogen-bond acceptors (Lipinski definition) is 6. The Morgan fingerprint density at radius 1 is 0.284 bits per heavy atom. The topological polar surface area (TPSA) is 78.9 Å². The quantitative estimate of drug-likeness (QED) is 0.0261. The van der Waals surface area contributed by atoms with Gasteiger partial charge in [-0.15, -0.1) is 0 Å². The lowest BCUT2D eigenvalue weighted by Gasteiger charge is -2.18. The molecule has 0 N–H and O–H groups in total. The molecule has 0 aliphatic rings.